The normalized spacial score (nSPS) is 11.3. The highest BCUT2D eigenvalue weighted by Gasteiger charge is 2.12. The summed E-state index contributed by atoms with van der Waals surface area (Å²) in [5.74, 6) is -1.97. The first-order valence-corrected chi connectivity index (χ1v) is 7.26. The molecule has 0 aliphatic heterocycles. The summed E-state index contributed by atoms with van der Waals surface area (Å²) in [6, 6.07) is 0.867. The van der Waals surface area contributed by atoms with Crippen LogP contribution in [0.3, 0.4) is 0 Å². The summed E-state index contributed by atoms with van der Waals surface area (Å²) in [4.78, 5) is 14.5. The third-order valence-electron chi connectivity index (χ3n) is 2.09. The summed E-state index contributed by atoms with van der Waals surface area (Å²) < 4.78 is 36.7. The summed E-state index contributed by atoms with van der Waals surface area (Å²) in [6.45, 7) is 0.525. The molecule has 9 heteroatoms. The molecule has 0 bridgehead atoms. The Kier molecular flexibility index (Phi) is 5.19. The van der Waals surface area contributed by atoms with Gasteiger partial charge in [0.2, 0.25) is 10.0 Å². The van der Waals surface area contributed by atoms with E-state index >= 15 is 0 Å². The molecule has 0 aliphatic carbocycles. The van der Waals surface area contributed by atoms with E-state index in [9.17, 15) is 17.6 Å². The molecule has 1 rings (SSSR count). The minimum absolute atomic E-state index is 0.0493. The Bertz CT molecular complexity index is 562. The van der Waals surface area contributed by atoms with E-state index in [-0.39, 0.29) is 17.9 Å². The van der Waals surface area contributed by atoms with Crippen LogP contribution in [0.2, 0.25) is 0 Å². The predicted molar refractivity (Wildman–Crippen MR) is 67.1 cm³/mol. The first-order valence-electron chi connectivity index (χ1n) is 5.37. The smallest absolute Gasteiger partial charge is 0.339 e. The molecule has 0 radical (unpaired) electrons. The van der Waals surface area contributed by atoms with Gasteiger partial charge in [-0.05, 0) is 12.5 Å². The van der Waals surface area contributed by atoms with E-state index in [1.807, 2.05) is 0 Å². The zero-order valence-electron chi connectivity index (χ0n) is 10.2. The third kappa shape index (κ3) is 5.62. The average molecular weight is 291 g/mol. The van der Waals surface area contributed by atoms with Gasteiger partial charge in [-0.15, -0.1) is 0 Å². The molecule has 0 saturated carbocycles. The topological polar surface area (TPSA) is 108 Å². The second-order valence-electron chi connectivity index (χ2n) is 3.80. The number of hydrogen-bond acceptors (Lipinski definition) is 5. The first kappa shape index (κ1) is 15.3. The maximum atomic E-state index is 12.9. The number of carboxylic acid groups (broad SMARTS) is 1. The molecule has 1 aromatic rings. The molecule has 3 N–H and O–H groups in total. The number of carbonyl (C=O) groups is 1. The van der Waals surface area contributed by atoms with E-state index < -0.39 is 21.8 Å². The Balaban J connectivity index is 2.52. The van der Waals surface area contributed by atoms with E-state index in [1.54, 1.807) is 0 Å². The minimum Gasteiger partial charge on any atom is -0.478 e. The summed E-state index contributed by atoms with van der Waals surface area (Å²) >= 11 is 0. The maximum Gasteiger partial charge on any atom is 0.339 e. The van der Waals surface area contributed by atoms with Crippen LogP contribution in [0.5, 0.6) is 0 Å². The molecule has 0 atom stereocenters. The van der Waals surface area contributed by atoms with Crippen LogP contribution in [0.4, 0.5) is 10.2 Å². The lowest BCUT2D eigenvalue weighted by Gasteiger charge is -2.08. The number of aromatic carboxylic acids is 1. The maximum absolute atomic E-state index is 12.9. The zero-order valence-corrected chi connectivity index (χ0v) is 11.0. The van der Waals surface area contributed by atoms with Crippen molar-refractivity contribution in [2.24, 2.45) is 0 Å². The van der Waals surface area contributed by atoms with E-state index in [2.05, 4.69) is 15.0 Å². The average Bonchev–Trinajstić information content (AvgIpc) is 2.28. The molecule has 0 aliphatic rings. The monoisotopic (exact) mass is 291 g/mol. The minimum atomic E-state index is -3.23. The fraction of sp³-hybridized carbons (Fsp3) is 0.400. The van der Waals surface area contributed by atoms with E-state index in [4.69, 9.17) is 5.11 Å². The van der Waals surface area contributed by atoms with Crippen molar-refractivity contribution in [3.63, 3.8) is 0 Å². The van der Waals surface area contributed by atoms with Gasteiger partial charge >= 0.3 is 5.97 Å². The number of nitrogens with zero attached hydrogens (tertiary/aromatic N) is 1. The number of hydrogen-bond donors (Lipinski definition) is 3. The molecule has 0 unspecified atom stereocenters. The molecule has 1 aromatic heterocycles. The van der Waals surface area contributed by atoms with Gasteiger partial charge < -0.3 is 10.4 Å². The fourth-order valence-corrected chi connectivity index (χ4v) is 1.81. The standard InChI is InChI=1S/C10H14FN3O4S/c1-19(17,18)14-4-2-3-12-9-8(10(15)16)5-7(11)6-13-9/h5-6,14H,2-4H2,1H3,(H,12,13)(H,15,16). The van der Waals surface area contributed by atoms with Crippen LogP contribution in [-0.2, 0) is 10.0 Å². The van der Waals surface area contributed by atoms with Gasteiger partial charge in [-0.25, -0.2) is 27.3 Å². The van der Waals surface area contributed by atoms with Crippen LogP contribution in [0.1, 0.15) is 16.8 Å². The second kappa shape index (κ2) is 6.43. The second-order valence-corrected chi connectivity index (χ2v) is 5.63. The van der Waals surface area contributed by atoms with Crippen LogP contribution in [0, 0.1) is 5.82 Å². The van der Waals surface area contributed by atoms with Crippen molar-refractivity contribution >= 4 is 21.8 Å². The first-order chi connectivity index (χ1) is 8.79. The zero-order chi connectivity index (χ0) is 14.5. The van der Waals surface area contributed by atoms with Gasteiger partial charge in [0.05, 0.1) is 12.5 Å². The van der Waals surface area contributed by atoms with Crippen LogP contribution in [-0.4, -0.2) is 43.8 Å². The van der Waals surface area contributed by atoms with Gasteiger partial charge in [0.1, 0.15) is 17.2 Å². The molecule has 106 valence electrons. The number of sulfonamides is 1. The van der Waals surface area contributed by atoms with Gasteiger partial charge in [0.25, 0.3) is 0 Å². The Labute approximate surface area is 109 Å². The summed E-state index contributed by atoms with van der Waals surface area (Å²) in [5, 5.41) is 11.6. The van der Waals surface area contributed by atoms with Gasteiger partial charge in [-0.3, -0.25) is 0 Å². The van der Waals surface area contributed by atoms with E-state index in [0.717, 1.165) is 18.5 Å². The molecular weight excluding hydrogens is 277 g/mol. The van der Waals surface area contributed by atoms with Crippen LogP contribution < -0.4 is 10.0 Å². The molecule has 0 saturated heterocycles. The van der Waals surface area contributed by atoms with Crippen molar-refractivity contribution in [3.05, 3.63) is 23.6 Å². The number of carboxylic acids is 1. The largest absolute Gasteiger partial charge is 0.478 e. The predicted octanol–water partition coefficient (Wildman–Crippen LogP) is 0.270. The van der Waals surface area contributed by atoms with E-state index in [0.29, 0.717) is 13.0 Å². The fourth-order valence-electron chi connectivity index (χ4n) is 1.30. The van der Waals surface area contributed by atoms with E-state index in [1.165, 1.54) is 0 Å². The molecular formula is C10H14FN3O4S. The highest BCUT2D eigenvalue weighted by molar-refractivity contribution is 7.88. The molecule has 1 heterocycles. The SMILES string of the molecule is CS(=O)(=O)NCCCNc1ncc(F)cc1C(=O)O. The van der Waals surface area contributed by atoms with Crippen LogP contribution >= 0.6 is 0 Å². The van der Waals surface area contributed by atoms with Crippen LogP contribution in [0.25, 0.3) is 0 Å². The lowest BCUT2D eigenvalue weighted by molar-refractivity contribution is 0.0697. The van der Waals surface area contributed by atoms with Crippen molar-refractivity contribution < 1.29 is 22.7 Å². The highest BCUT2D eigenvalue weighted by Crippen LogP contribution is 2.13. The summed E-state index contributed by atoms with van der Waals surface area (Å²) in [6.07, 6.45) is 2.39. The van der Waals surface area contributed by atoms with Crippen molar-refractivity contribution in [1.82, 2.24) is 9.71 Å². The van der Waals surface area contributed by atoms with Gasteiger partial charge in [-0.1, -0.05) is 0 Å². The lowest BCUT2D eigenvalue weighted by atomic mass is 10.2. The molecule has 0 spiro atoms. The Hall–Kier alpha value is -1.74. The number of aromatic nitrogens is 1. The third-order valence-corrected chi connectivity index (χ3v) is 2.82. The van der Waals surface area contributed by atoms with Crippen molar-refractivity contribution in [1.29, 1.82) is 0 Å². The van der Waals surface area contributed by atoms with Crippen molar-refractivity contribution in [2.45, 2.75) is 6.42 Å². The molecule has 7 nitrogen and oxygen atoms in total. The van der Waals surface area contributed by atoms with Crippen molar-refractivity contribution in [2.75, 3.05) is 24.7 Å². The number of halogens is 1. The number of pyridine rings is 1. The highest BCUT2D eigenvalue weighted by atomic mass is 32.2. The quantitative estimate of drug-likeness (QED) is 0.622. The lowest BCUT2D eigenvalue weighted by Crippen LogP contribution is -2.24. The Morgan fingerprint density at radius 2 is 2.16 bits per heavy atom. The van der Waals surface area contributed by atoms with Gasteiger partial charge in [0.15, 0.2) is 0 Å². The Morgan fingerprint density at radius 3 is 2.74 bits per heavy atom. The number of anilines is 1. The summed E-state index contributed by atoms with van der Waals surface area (Å²) in [7, 11) is -3.23. The van der Waals surface area contributed by atoms with Crippen LogP contribution in [0.15, 0.2) is 12.3 Å². The molecule has 0 aromatic carbocycles. The van der Waals surface area contributed by atoms with Gasteiger partial charge in [0, 0.05) is 13.1 Å². The molecule has 0 fully saturated rings. The summed E-state index contributed by atoms with van der Waals surface area (Å²) in [5.41, 5.74) is -0.268. The molecule has 0 amide bonds. The van der Waals surface area contributed by atoms with Gasteiger partial charge in [-0.2, -0.15) is 0 Å². The number of nitrogens with one attached hydrogen (secondary N) is 2. The number of rotatable bonds is 7. The molecule has 19 heavy (non-hydrogen) atoms. The Morgan fingerprint density at radius 1 is 1.47 bits per heavy atom. The van der Waals surface area contributed by atoms with Crippen molar-refractivity contribution in [3.8, 4) is 0 Å².